The molecule has 0 bridgehead atoms. The van der Waals surface area contributed by atoms with Crippen LogP contribution < -0.4 is 19.5 Å². The smallest absolute Gasteiger partial charge is 0.240 e. The number of amides is 1. The Morgan fingerprint density at radius 3 is 2.38 bits per heavy atom. The summed E-state index contributed by atoms with van der Waals surface area (Å²) >= 11 is 0. The molecule has 0 fully saturated rings. The number of primary sulfonamides is 1. The van der Waals surface area contributed by atoms with Crippen LogP contribution in [0.15, 0.2) is 52.3 Å². The van der Waals surface area contributed by atoms with E-state index in [2.05, 4.69) is 4.72 Å². The van der Waals surface area contributed by atoms with Gasteiger partial charge in [0.15, 0.2) is 0 Å². The molecule has 0 aliphatic carbocycles. The van der Waals surface area contributed by atoms with E-state index in [9.17, 15) is 21.6 Å². The van der Waals surface area contributed by atoms with E-state index >= 15 is 0 Å². The van der Waals surface area contributed by atoms with Crippen molar-refractivity contribution in [3.63, 3.8) is 0 Å². The van der Waals surface area contributed by atoms with Gasteiger partial charge in [0.25, 0.3) is 0 Å². The number of sulfonamides is 2. The lowest BCUT2D eigenvalue weighted by Crippen LogP contribution is -2.36. The minimum atomic E-state index is -3.78. The minimum absolute atomic E-state index is 0.00417. The van der Waals surface area contributed by atoms with Gasteiger partial charge in [0, 0.05) is 19.5 Å². The average Bonchev–Trinajstić information content (AvgIpc) is 2.66. The topological polar surface area (TPSA) is 136 Å². The van der Waals surface area contributed by atoms with Crippen LogP contribution in [0, 0.1) is 0 Å². The molecule has 11 heteroatoms. The summed E-state index contributed by atoms with van der Waals surface area (Å²) in [5.74, 6) is 0.199. The van der Waals surface area contributed by atoms with E-state index in [-0.39, 0.29) is 28.8 Å². The van der Waals surface area contributed by atoms with Gasteiger partial charge in [-0.25, -0.2) is 26.7 Å². The van der Waals surface area contributed by atoms with E-state index in [1.54, 1.807) is 18.2 Å². The Balaban J connectivity index is 1.68. The van der Waals surface area contributed by atoms with Gasteiger partial charge >= 0.3 is 0 Å². The first-order chi connectivity index (χ1) is 13.6. The van der Waals surface area contributed by atoms with E-state index in [1.807, 2.05) is 0 Å². The lowest BCUT2D eigenvalue weighted by atomic mass is 10.2. The molecule has 1 heterocycles. The fourth-order valence-electron chi connectivity index (χ4n) is 2.95. The van der Waals surface area contributed by atoms with Gasteiger partial charge in [0.2, 0.25) is 26.0 Å². The number of nitrogens with two attached hydrogens (primary N) is 1. The molecule has 0 aromatic heterocycles. The molecule has 0 saturated heterocycles. The molecule has 156 valence electrons. The maximum absolute atomic E-state index is 12.6. The Hall–Kier alpha value is -2.47. The van der Waals surface area contributed by atoms with Gasteiger partial charge in [0.1, 0.15) is 12.4 Å². The zero-order valence-electron chi connectivity index (χ0n) is 15.7. The first kappa shape index (κ1) is 21.2. The fourth-order valence-corrected chi connectivity index (χ4v) is 4.52. The molecule has 0 spiro atoms. The normalized spacial score (nSPS) is 14.2. The third-order valence-corrected chi connectivity index (χ3v) is 6.83. The average molecular weight is 440 g/mol. The summed E-state index contributed by atoms with van der Waals surface area (Å²) in [6.07, 6.45) is 0.365. The van der Waals surface area contributed by atoms with Crippen molar-refractivity contribution in [3.8, 4) is 5.75 Å². The summed E-state index contributed by atoms with van der Waals surface area (Å²) in [6.45, 7) is 2.26. The van der Waals surface area contributed by atoms with Crippen LogP contribution in [0.5, 0.6) is 5.75 Å². The molecular weight excluding hydrogens is 418 g/mol. The monoisotopic (exact) mass is 439 g/mol. The van der Waals surface area contributed by atoms with Crippen molar-refractivity contribution in [3.05, 3.63) is 48.0 Å². The summed E-state index contributed by atoms with van der Waals surface area (Å²) in [7, 11) is -7.55. The molecule has 0 atom stereocenters. The quantitative estimate of drug-likeness (QED) is 0.676. The SMILES string of the molecule is CC(=O)N1CCOc2cc(S(=O)(=O)NCCc3ccc(S(N)(=O)=O)cc3)ccc21. The van der Waals surface area contributed by atoms with Gasteiger partial charge in [-0.3, -0.25) is 4.79 Å². The van der Waals surface area contributed by atoms with E-state index < -0.39 is 20.0 Å². The minimum Gasteiger partial charge on any atom is -0.489 e. The number of fused-ring (bicyclic) bond motifs is 1. The summed E-state index contributed by atoms with van der Waals surface area (Å²) in [4.78, 5) is 13.3. The van der Waals surface area contributed by atoms with Crippen LogP contribution in [-0.2, 0) is 31.3 Å². The van der Waals surface area contributed by atoms with Crippen LogP contribution in [0.3, 0.4) is 0 Å². The fraction of sp³-hybridized carbons (Fsp3) is 0.278. The second-order valence-electron chi connectivity index (χ2n) is 6.49. The number of nitrogens with zero attached hydrogens (tertiary/aromatic N) is 1. The second-order valence-corrected chi connectivity index (χ2v) is 9.81. The van der Waals surface area contributed by atoms with Crippen LogP contribution in [-0.4, -0.2) is 42.4 Å². The van der Waals surface area contributed by atoms with Gasteiger partial charge in [-0.15, -0.1) is 0 Å². The van der Waals surface area contributed by atoms with Crippen molar-refractivity contribution in [1.29, 1.82) is 0 Å². The Bertz CT molecular complexity index is 1130. The van der Waals surface area contributed by atoms with Crippen molar-refractivity contribution in [2.24, 2.45) is 5.14 Å². The lowest BCUT2D eigenvalue weighted by Gasteiger charge is -2.28. The molecule has 29 heavy (non-hydrogen) atoms. The van der Waals surface area contributed by atoms with E-state index in [0.29, 0.717) is 24.4 Å². The number of benzene rings is 2. The maximum Gasteiger partial charge on any atom is 0.240 e. The standard InChI is InChI=1S/C18H21N3O6S2/c1-13(22)21-10-11-27-18-12-16(6-7-17(18)21)29(25,26)20-9-8-14-2-4-15(5-3-14)28(19,23)24/h2-7,12,20H,8-11H2,1H3,(H2,19,23,24). The highest BCUT2D eigenvalue weighted by Gasteiger charge is 2.24. The number of anilines is 1. The Morgan fingerprint density at radius 2 is 1.76 bits per heavy atom. The molecule has 1 aliphatic heterocycles. The number of carbonyl (C=O) groups is 1. The Morgan fingerprint density at radius 1 is 1.10 bits per heavy atom. The summed E-state index contributed by atoms with van der Waals surface area (Å²) in [5.41, 5.74) is 1.30. The predicted molar refractivity (Wildman–Crippen MR) is 107 cm³/mol. The molecule has 3 rings (SSSR count). The van der Waals surface area contributed by atoms with Crippen molar-refractivity contribution in [2.75, 3.05) is 24.6 Å². The number of ether oxygens (including phenoxy) is 1. The number of carbonyl (C=O) groups excluding carboxylic acids is 1. The van der Waals surface area contributed by atoms with Crippen LogP contribution in [0.2, 0.25) is 0 Å². The van der Waals surface area contributed by atoms with Crippen molar-refractivity contribution in [1.82, 2.24) is 4.72 Å². The van der Waals surface area contributed by atoms with Gasteiger partial charge in [-0.1, -0.05) is 12.1 Å². The van der Waals surface area contributed by atoms with Gasteiger partial charge in [0.05, 0.1) is 22.0 Å². The van der Waals surface area contributed by atoms with Gasteiger partial charge in [-0.05, 0) is 36.2 Å². The van der Waals surface area contributed by atoms with Crippen LogP contribution in [0.1, 0.15) is 12.5 Å². The first-order valence-corrected chi connectivity index (χ1v) is 11.8. The zero-order valence-corrected chi connectivity index (χ0v) is 17.3. The maximum atomic E-state index is 12.6. The van der Waals surface area contributed by atoms with Gasteiger partial charge < -0.3 is 9.64 Å². The van der Waals surface area contributed by atoms with Crippen LogP contribution in [0.25, 0.3) is 0 Å². The molecule has 3 N–H and O–H groups in total. The van der Waals surface area contributed by atoms with Crippen molar-refractivity contribution < 1.29 is 26.4 Å². The highest BCUT2D eigenvalue weighted by atomic mass is 32.2. The molecule has 0 radical (unpaired) electrons. The Labute approximate surface area is 169 Å². The number of rotatable bonds is 6. The lowest BCUT2D eigenvalue weighted by molar-refractivity contribution is -0.116. The van der Waals surface area contributed by atoms with Crippen molar-refractivity contribution >= 4 is 31.6 Å². The van der Waals surface area contributed by atoms with Crippen LogP contribution in [0.4, 0.5) is 5.69 Å². The number of hydrogen-bond donors (Lipinski definition) is 2. The molecule has 1 amide bonds. The largest absolute Gasteiger partial charge is 0.489 e. The molecule has 9 nitrogen and oxygen atoms in total. The van der Waals surface area contributed by atoms with E-state index in [0.717, 1.165) is 5.56 Å². The van der Waals surface area contributed by atoms with Gasteiger partial charge in [-0.2, -0.15) is 0 Å². The third kappa shape index (κ3) is 4.93. The molecular formula is C18H21N3O6S2. The molecule has 2 aromatic rings. The first-order valence-electron chi connectivity index (χ1n) is 8.74. The zero-order chi connectivity index (χ0) is 21.2. The predicted octanol–water partition coefficient (Wildman–Crippen LogP) is 0.600. The molecule has 2 aromatic carbocycles. The number of hydrogen-bond acceptors (Lipinski definition) is 6. The summed E-state index contributed by atoms with van der Waals surface area (Å²) in [6, 6.07) is 10.3. The van der Waals surface area contributed by atoms with Crippen LogP contribution >= 0.6 is 0 Å². The van der Waals surface area contributed by atoms with E-state index in [4.69, 9.17) is 9.88 Å². The summed E-state index contributed by atoms with van der Waals surface area (Å²) in [5, 5.41) is 5.05. The highest BCUT2D eigenvalue weighted by Crippen LogP contribution is 2.33. The number of nitrogens with one attached hydrogen (secondary N) is 1. The molecule has 0 unspecified atom stereocenters. The van der Waals surface area contributed by atoms with E-state index in [1.165, 1.54) is 36.1 Å². The third-order valence-electron chi connectivity index (χ3n) is 4.44. The van der Waals surface area contributed by atoms with Crippen molar-refractivity contribution in [2.45, 2.75) is 23.1 Å². The Kier molecular flexibility index (Phi) is 5.94. The molecule has 1 aliphatic rings. The summed E-state index contributed by atoms with van der Waals surface area (Å²) < 4.78 is 55.7. The molecule has 0 saturated carbocycles. The second kappa shape index (κ2) is 8.11. The highest BCUT2D eigenvalue weighted by molar-refractivity contribution is 7.89.